The normalized spacial score (nSPS) is 15.1. The predicted molar refractivity (Wildman–Crippen MR) is 77.1 cm³/mol. The van der Waals surface area contributed by atoms with Crippen LogP contribution in [0.3, 0.4) is 0 Å². The van der Waals surface area contributed by atoms with Crippen LogP contribution in [0, 0.1) is 0 Å². The lowest BCUT2D eigenvalue weighted by Gasteiger charge is -2.14. The van der Waals surface area contributed by atoms with E-state index in [4.69, 9.17) is 0 Å². The van der Waals surface area contributed by atoms with Gasteiger partial charge in [-0.2, -0.15) is 4.31 Å². The van der Waals surface area contributed by atoms with Crippen LogP contribution in [0.15, 0.2) is 35.2 Å². The molecule has 0 saturated carbocycles. The van der Waals surface area contributed by atoms with E-state index in [-0.39, 0.29) is 0 Å². The maximum absolute atomic E-state index is 12.0. The van der Waals surface area contributed by atoms with Gasteiger partial charge in [0.05, 0.1) is 4.90 Å². The molecular formula is C14H25NO2S. The lowest BCUT2D eigenvalue weighted by Crippen LogP contribution is -2.27. The summed E-state index contributed by atoms with van der Waals surface area (Å²) in [4.78, 5) is 0.405. The SMILES string of the molecule is CC.CC.O=S(=O)(c1ccccc1)N1CCCC1. The minimum Gasteiger partial charge on any atom is -0.207 e. The molecule has 1 aliphatic rings. The molecular weight excluding hydrogens is 246 g/mol. The molecule has 1 heterocycles. The van der Waals surface area contributed by atoms with Crippen LogP contribution in [0.2, 0.25) is 0 Å². The molecule has 18 heavy (non-hydrogen) atoms. The minimum atomic E-state index is -3.21. The van der Waals surface area contributed by atoms with E-state index >= 15 is 0 Å². The van der Waals surface area contributed by atoms with Crippen LogP contribution in [0.5, 0.6) is 0 Å². The molecule has 0 bridgehead atoms. The van der Waals surface area contributed by atoms with Crippen LogP contribution >= 0.6 is 0 Å². The van der Waals surface area contributed by atoms with Gasteiger partial charge in [0, 0.05) is 13.1 Å². The van der Waals surface area contributed by atoms with Crippen LogP contribution in [-0.4, -0.2) is 25.8 Å². The van der Waals surface area contributed by atoms with Gasteiger partial charge in [-0.25, -0.2) is 8.42 Å². The van der Waals surface area contributed by atoms with E-state index in [0.717, 1.165) is 12.8 Å². The maximum atomic E-state index is 12.0. The lowest BCUT2D eigenvalue weighted by atomic mass is 10.4. The zero-order valence-electron chi connectivity index (χ0n) is 11.9. The molecule has 0 spiro atoms. The summed E-state index contributed by atoms with van der Waals surface area (Å²) in [6, 6.07) is 8.62. The molecule has 1 aromatic carbocycles. The number of hydrogen-bond donors (Lipinski definition) is 0. The topological polar surface area (TPSA) is 37.4 Å². The first-order valence-corrected chi connectivity index (χ1v) is 8.20. The van der Waals surface area contributed by atoms with Crippen LogP contribution in [0.25, 0.3) is 0 Å². The van der Waals surface area contributed by atoms with Crippen molar-refractivity contribution in [3.63, 3.8) is 0 Å². The Kier molecular flexibility index (Phi) is 8.67. The average molecular weight is 271 g/mol. The van der Waals surface area contributed by atoms with Crippen LogP contribution in [-0.2, 0) is 10.0 Å². The third-order valence-electron chi connectivity index (χ3n) is 2.45. The Labute approximate surface area is 112 Å². The summed E-state index contributed by atoms with van der Waals surface area (Å²) >= 11 is 0. The molecule has 0 radical (unpaired) electrons. The van der Waals surface area contributed by atoms with Gasteiger partial charge in [0.1, 0.15) is 0 Å². The number of hydrogen-bond acceptors (Lipinski definition) is 2. The summed E-state index contributed by atoms with van der Waals surface area (Å²) < 4.78 is 25.5. The van der Waals surface area contributed by atoms with Gasteiger partial charge in [-0.3, -0.25) is 0 Å². The standard InChI is InChI=1S/C10H13NO2S.2C2H6/c12-14(13,11-8-4-5-9-11)10-6-2-1-3-7-10;2*1-2/h1-3,6-7H,4-5,8-9H2;2*1-2H3. The Morgan fingerprint density at radius 2 is 1.33 bits per heavy atom. The highest BCUT2D eigenvalue weighted by Gasteiger charge is 2.26. The van der Waals surface area contributed by atoms with E-state index in [1.807, 2.05) is 33.8 Å². The largest absolute Gasteiger partial charge is 0.243 e. The molecule has 1 fully saturated rings. The fraction of sp³-hybridized carbons (Fsp3) is 0.571. The number of benzene rings is 1. The van der Waals surface area contributed by atoms with Gasteiger partial charge < -0.3 is 0 Å². The highest BCUT2D eigenvalue weighted by Crippen LogP contribution is 2.19. The molecule has 0 N–H and O–H groups in total. The first kappa shape index (κ1) is 17.1. The lowest BCUT2D eigenvalue weighted by molar-refractivity contribution is 0.477. The first-order chi connectivity index (χ1) is 8.71. The van der Waals surface area contributed by atoms with Crippen LogP contribution in [0.4, 0.5) is 0 Å². The van der Waals surface area contributed by atoms with Crippen molar-refractivity contribution in [1.82, 2.24) is 4.31 Å². The summed E-state index contributed by atoms with van der Waals surface area (Å²) in [7, 11) is -3.21. The molecule has 4 heteroatoms. The van der Waals surface area contributed by atoms with Gasteiger partial charge in [0.25, 0.3) is 0 Å². The van der Waals surface area contributed by atoms with Gasteiger partial charge in [-0.1, -0.05) is 45.9 Å². The van der Waals surface area contributed by atoms with E-state index in [1.165, 1.54) is 0 Å². The second-order valence-electron chi connectivity index (χ2n) is 3.42. The third-order valence-corrected chi connectivity index (χ3v) is 4.36. The fourth-order valence-corrected chi connectivity index (χ4v) is 3.21. The van der Waals surface area contributed by atoms with Gasteiger partial charge >= 0.3 is 0 Å². The summed E-state index contributed by atoms with van der Waals surface area (Å²) in [5, 5.41) is 0. The minimum absolute atomic E-state index is 0.405. The highest BCUT2D eigenvalue weighted by molar-refractivity contribution is 7.89. The Bertz CT molecular complexity index is 395. The monoisotopic (exact) mass is 271 g/mol. The molecule has 0 aliphatic carbocycles. The van der Waals surface area contributed by atoms with E-state index in [2.05, 4.69) is 0 Å². The quantitative estimate of drug-likeness (QED) is 0.825. The molecule has 1 saturated heterocycles. The van der Waals surface area contributed by atoms with Gasteiger partial charge in [0.2, 0.25) is 10.0 Å². The van der Waals surface area contributed by atoms with Crippen LogP contribution in [0.1, 0.15) is 40.5 Å². The van der Waals surface area contributed by atoms with E-state index in [0.29, 0.717) is 18.0 Å². The zero-order valence-corrected chi connectivity index (χ0v) is 12.7. The van der Waals surface area contributed by atoms with E-state index in [9.17, 15) is 8.42 Å². The summed E-state index contributed by atoms with van der Waals surface area (Å²) in [6.45, 7) is 9.33. The second kappa shape index (κ2) is 9.11. The Hall–Kier alpha value is -0.870. The molecule has 3 nitrogen and oxygen atoms in total. The highest BCUT2D eigenvalue weighted by atomic mass is 32.2. The Morgan fingerprint density at radius 1 is 0.889 bits per heavy atom. The van der Waals surface area contributed by atoms with Crippen molar-refractivity contribution in [3.05, 3.63) is 30.3 Å². The number of sulfonamides is 1. The third kappa shape index (κ3) is 4.42. The molecule has 2 rings (SSSR count). The van der Waals surface area contributed by atoms with Crippen LogP contribution < -0.4 is 0 Å². The summed E-state index contributed by atoms with van der Waals surface area (Å²) in [6.07, 6.45) is 1.96. The molecule has 0 amide bonds. The van der Waals surface area contributed by atoms with Gasteiger partial charge in [-0.05, 0) is 25.0 Å². The van der Waals surface area contributed by atoms with E-state index < -0.39 is 10.0 Å². The predicted octanol–water partition coefficient (Wildman–Crippen LogP) is 3.52. The van der Waals surface area contributed by atoms with Crippen molar-refractivity contribution in [2.45, 2.75) is 45.4 Å². The van der Waals surface area contributed by atoms with E-state index in [1.54, 1.807) is 28.6 Å². The summed E-state index contributed by atoms with van der Waals surface area (Å²) in [5.74, 6) is 0. The molecule has 0 unspecified atom stereocenters. The smallest absolute Gasteiger partial charge is 0.207 e. The fourth-order valence-electron chi connectivity index (χ4n) is 1.67. The second-order valence-corrected chi connectivity index (χ2v) is 5.36. The molecule has 1 aromatic rings. The van der Waals surface area contributed by atoms with Crippen molar-refractivity contribution in [2.24, 2.45) is 0 Å². The van der Waals surface area contributed by atoms with Crippen molar-refractivity contribution >= 4 is 10.0 Å². The number of rotatable bonds is 2. The zero-order chi connectivity index (χ0) is 14.0. The molecule has 1 aliphatic heterocycles. The summed E-state index contributed by atoms with van der Waals surface area (Å²) in [5.41, 5.74) is 0. The van der Waals surface area contributed by atoms with Crippen molar-refractivity contribution in [3.8, 4) is 0 Å². The van der Waals surface area contributed by atoms with Gasteiger partial charge in [0.15, 0.2) is 0 Å². The maximum Gasteiger partial charge on any atom is 0.243 e. The Balaban J connectivity index is 0.000000659. The van der Waals surface area contributed by atoms with Crippen molar-refractivity contribution in [2.75, 3.05) is 13.1 Å². The molecule has 104 valence electrons. The number of nitrogens with zero attached hydrogens (tertiary/aromatic N) is 1. The average Bonchev–Trinajstić information content (AvgIpc) is 2.99. The molecule has 0 aromatic heterocycles. The Morgan fingerprint density at radius 3 is 1.78 bits per heavy atom. The van der Waals surface area contributed by atoms with Crippen molar-refractivity contribution < 1.29 is 8.42 Å². The molecule has 0 atom stereocenters. The van der Waals surface area contributed by atoms with Crippen molar-refractivity contribution in [1.29, 1.82) is 0 Å². The van der Waals surface area contributed by atoms with Gasteiger partial charge in [-0.15, -0.1) is 0 Å². The first-order valence-electron chi connectivity index (χ1n) is 6.76.